The molecule has 11 unspecified atom stereocenters. The highest BCUT2D eigenvalue weighted by Crippen LogP contribution is 2.34. The van der Waals surface area contributed by atoms with E-state index in [9.17, 15) is 35.1 Å². The van der Waals surface area contributed by atoms with Gasteiger partial charge in [-0.1, -0.05) is 27.2 Å². The topological polar surface area (TPSA) is 184 Å². The van der Waals surface area contributed by atoms with Crippen LogP contribution in [-0.4, -0.2) is 111 Å². The van der Waals surface area contributed by atoms with Gasteiger partial charge in [0.2, 0.25) is 5.91 Å². The number of carbonyl (C=O) groups is 2. The zero-order valence-corrected chi connectivity index (χ0v) is 21.2. The molecule has 0 bridgehead atoms. The fourth-order valence-electron chi connectivity index (χ4n) is 4.30. The summed E-state index contributed by atoms with van der Waals surface area (Å²) < 4.78 is 23.1. The lowest BCUT2D eigenvalue weighted by Gasteiger charge is -2.49. The van der Waals surface area contributed by atoms with Crippen LogP contribution in [0.3, 0.4) is 0 Å². The number of carbonyl (C=O) groups excluding carboxylic acids is 1. The van der Waals surface area contributed by atoms with Crippen LogP contribution in [0, 0.1) is 5.92 Å². The van der Waals surface area contributed by atoms with Crippen LogP contribution in [0.5, 0.6) is 0 Å². The first kappa shape index (κ1) is 29.8. The Bertz CT molecular complexity index is 720. The van der Waals surface area contributed by atoms with Crippen molar-refractivity contribution in [3.63, 3.8) is 0 Å². The smallest absolute Gasteiger partial charge is 0.335 e. The Kier molecular flexibility index (Phi) is 10.4. The highest BCUT2D eigenvalue weighted by molar-refractivity contribution is 5.74. The van der Waals surface area contributed by atoms with Gasteiger partial charge in [0, 0.05) is 6.92 Å². The average molecular weight is 508 g/mol. The second-order valence-electron chi connectivity index (χ2n) is 9.97. The van der Waals surface area contributed by atoms with Gasteiger partial charge in [0.15, 0.2) is 12.4 Å². The lowest BCUT2D eigenvalue weighted by molar-refractivity contribution is -0.337. The molecule has 35 heavy (non-hydrogen) atoms. The van der Waals surface area contributed by atoms with Gasteiger partial charge < -0.3 is 49.8 Å². The lowest BCUT2D eigenvalue weighted by atomic mass is 9.85. The molecule has 2 aliphatic rings. The summed E-state index contributed by atoms with van der Waals surface area (Å²) in [5.74, 6) is -1.99. The molecule has 6 N–H and O–H groups in total. The second-order valence-corrected chi connectivity index (χ2v) is 9.97. The Labute approximate surface area is 205 Å². The van der Waals surface area contributed by atoms with Crippen molar-refractivity contribution in [2.75, 3.05) is 6.61 Å². The molecule has 1 amide bonds. The Morgan fingerprint density at radius 3 is 2.17 bits per heavy atom. The molecular weight excluding hydrogens is 466 g/mol. The van der Waals surface area contributed by atoms with Crippen LogP contribution in [0.25, 0.3) is 0 Å². The van der Waals surface area contributed by atoms with Crippen molar-refractivity contribution >= 4 is 11.9 Å². The van der Waals surface area contributed by atoms with E-state index < -0.39 is 85.2 Å². The van der Waals surface area contributed by atoms with Gasteiger partial charge in [-0.15, -0.1) is 0 Å². The first-order chi connectivity index (χ1) is 16.3. The fourth-order valence-corrected chi connectivity index (χ4v) is 4.30. The lowest BCUT2D eigenvalue weighted by Crippen LogP contribution is -2.69. The summed E-state index contributed by atoms with van der Waals surface area (Å²) in [7, 11) is 0. The molecule has 0 spiro atoms. The molecule has 2 rings (SSSR count). The Morgan fingerprint density at radius 2 is 1.69 bits per heavy atom. The number of nitrogens with one attached hydrogen (secondary N) is 1. The first-order valence-corrected chi connectivity index (χ1v) is 12.1. The van der Waals surface area contributed by atoms with Gasteiger partial charge in [0.1, 0.15) is 36.6 Å². The minimum atomic E-state index is -1.73. The van der Waals surface area contributed by atoms with Gasteiger partial charge in [-0.25, -0.2) is 4.79 Å². The zero-order chi connectivity index (χ0) is 26.7. The van der Waals surface area contributed by atoms with Crippen molar-refractivity contribution < 1.29 is 54.1 Å². The normalized spacial score (nSPS) is 39.1. The number of hydrogen-bond donors (Lipinski definition) is 6. The largest absolute Gasteiger partial charge is 0.479 e. The van der Waals surface area contributed by atoms with Crippen molar-refractivity contribution in [3.05, 3.63) is 0 Å². The predicted molar refractivity (Wildman–Crippen MR) is 121 cm³/mol. The van der Waals surface area contributed by atoms with Crippen LogP contribution >= 0.6 is 0 Å². The van der Waals surface area contributed by atoms with E-state index in [2.05, 4.69) is 5.32 Å². The van der Waals surface area contributed by atoms with Gasteiger partial charge >= 0.3 is 5.97 Å². The van der Waals surface area contributed by atoms with Gasteiger partial charge in [-0.2, -0.15) is 0 Å². The molecule has 0 aromatic heterocycles. The number of aliphatic carboxylic acids is 1. The summed E-state index contributed by atoms with van der Waals surface area (Å²) in [5, 5.41) is 54.6. The highest BCUT2D eigenvalue weighted by Gasteiger charge is 2.54. The van der Waals surface area contributed by atoms with Crippen LogP contribution in [0.15, 0.2) is 0 Å². The molecule has 204 valence electrons. The van der Waals surface area contributed by atoms with Crippen LogP contribution in [-0.2, 0) is 28.5 Å². The van der Waals surface area contributed by atoms with Crippen LogP contribution < -0.4 is 5.32 Å². The number of amides is 1. The van der Waals surface area contributed by atoms with Crippen molar-refractivity contribution in [3.8, 4) is 0 Å². The quantitative estimate of drug-likeness (QED) is 0.216. The SMILES string of the molecule is CCC(C)C1OC(CO)C(O)C(OC2OC(C(=O)O)C(OC(C)(C)CC)C(O)C2O)C1NC(C)=O. The molecule has 0 radical (unpaired) electrons. The van der Waals surface area contributed by atoms with Crippen LogP contribution in [0.1, 0.15) is 54.4 Å². The maximum absolute atomic E-state index is 12.0. The van der Waals surface area contributed by atoms with E-state index in [-0.39, 0.29) is 5.92 Å². The molecule has 2 fully saturated rings. The third kappa shape index (κ3) is 6.89. The first-order valence-electron chi connectivity index (χ1n) is 12.1. The number of ether oxygens (including phenoxy) is 4. The third-order valence-corrected chi connectivity index (χ3v) is 6.90. The molecule has 2 heterocycles. The van der Waals surface area contributed by atoms with E-state index in [1.165, 1.54) is 6.92 Å². The third-order valence-electron chi connectivity index (χ3n) is 6.90. The average Bonchev–Trinajstić information content (AvgIpc) is 2.79. The zero-order valence-electron chi connectivity index (χ0n) is 21.2. The van der Waals surface area contributed by atoms with Crippen molar-refractivity contribution in [2.24, 2.45) is 5.92 Å². The van der Waals surface area contributed by atoms with E-state index >= 15 is 0 Å². The standard InChI is InChI=1S/C23H41NO11/c1-7-10(3)17-13(24-11(4)26)18(14(27)12(9-25)32-17)33-22-16(29)15(28)19(20(34-22)21(30)31)35-23(5,6)8-2/h10,12-20,22,25,27-29H,7-9H2,1-6H3,(H,24,26)(H,30,31). The van der Waals surface area contributed by atoms with E-state index in [1.807, 2.05) is 20.8 Å². The van der Waals surface area contributed by atoms with E-state index in [0.717, 1.165) is 0 Å². The maximum Gasteiger partial charge on any atom is 0.335 e. The maximum atomic E-state index is 12.0. The second kappa shape index (κ2) is 12.2. The molecule has 2 aliphatic heterocycles. The Morgan fingerprint density at radius 1 is 1.06 bits per heavy atom. The summed E-state index contributed by atoms with van der Waals surface area (Å²) in [6.45, 7) is 9.78. The fraction of sp³-hybridized carbons (Fsp3) is 0.913. The highest BCUT2D eigenvalue weighted by atomic mass is 16.7. The molecule has 11 atom stereocenters. The van der Waals surface area contributed by atoms with E-state index in [1.54, 1.807) is 13.8 Å². The summed E-state index contributed by atoms with van der Waals surface area (Å²) >= 11 is 0. The molecule has 2 saturated heterocycles. The number of aliphatic hydroxyl groups excluding tert-OH is 4. The summed E-state index contributed by atoms with van der Waals surface area (Å²) in [4.78, 5) is 23.9. The molecule has 0 aromatic carbocycles. The number of aliphatic hydroxyl groups is 4. The number of hydrogen-bond acceptors (Lipinski definition) is 10. The van der Waals surface area contributed by atoms with Crippen molar-refractivity contribution in [1.29, 1.82) is 0 Å². The minimum absolute atomic E-state index is 0.122. The number of rotatable bonds is 10. The van der Waals surface area contributed by atoms with Gasteiger partial charge in [0.05, 0.1) is 24.4 Å². The molecule has 0 aromatic rings. The van der Waals surface area contributed by atoms with Crippen LogP contribution in [0.4, 0.5) is 0 Å². The molecule has 12 heteroatoms. The monoisotopic (exact) mass is 507 g/mol. The summed E-state index contributed by atoms with van der Waals surface area (Å²) in [6, 6.07) is -0.913. The molecule has 12 nitrogen and oxygen atoms in total. The number of carboxylic acid groups (broad SMARTS) is 1. The van der Waals surface area contributed by atoms with Gasteiger partial charge in [-0.3, -0.25) is 4.79 Å². The predicted octanol–water partition coefficient (Wildman–Crippen LogP) is -0.852. The Hall–Kier alpha value is -1.38. The summed E-state index contributed by atoms with van der Waals surface area (Å²) in [6.07, 6.45) is -11.5. The van der Waals surface area contributed by atoms with E-state index in [4.69, 9.17) is 18.9 Å². The van der Waals surface area contributed by atoms with Gasteiger partial charge in [-0.05, 0) is 26.2 Å². The van der Waals surface area contributed by atoms with Crippen molar-refractivity contribution in [2.45, 2.75) is 121 Å². The molecular formula is C23H41NO11. The molecule has 0 aliphatic carbocycles. The van der Waals surface area contributed by atoms with Gasteiger partial charge in [0.25, 0.3) is 0 Å². The van der Waals surface area contributed by atoms with Crippen LogP contribution in [0.2, 0.25) is 0 Å². The van der Waals surface area contributed by atoms with E-state index in [0.29, 0.717) is 12.8 Å². The number of carboxylic acids is 1. The summed E-state index contributed by atoms with van der Waals surface area (Å²) in [5.41, 5.74) is -0.804. The van der Waals surface area contributed by atoms with Crippen molar-refractivity contribution in [1.82, 2.24) is 5.32 Å². The molecule has 0 saturated carbocycles. The minimum Gasteiger partial charge on any atom is -0.479 e. The Balaban J connectivity index is 2.37.